The van der Waals surface area contributed by atoms with E-state index in [0.29, 0.717) is 17.5 Å². The lowest BCUT2D eigenvalue weighted by Crippen LogP contribution is -2.11. The van der Waals surface area contributed by atoms with Crippen LogP contribution in [0.15, 0.2) is 42.5 Å². The summed E-state index contributed by atoms with van der Waals surface area (Å²) in [6.07, 6.45) is 6.17. The molecule has 4 nitrogen and oxygen atoms in total. The number of anilines is 1. The first-order chi connectivity index (χ1) is 14.2. The second kappa shape index (κ2) is 7.81. The van der Waals surface area contributed by atoms with E-state index in [1.54, 1.807) is 23.5 Å². The predicted octanol–water partition coefficient (Wildman–Crippen LogP) is 6.86. The minimum atomic E-state index is 0.100. The van der Waals surface area contributed by atoms with Gasteiger partial charge in [0.05, 0.1) is 10.4 Å². The summed E-state index contributed by atoms with van der Waals surface area (Å²) in [4.78, 5) is 11.0. The van der Waals surface area contributed by atoms with Gasteiger partial charge in [-0.25, -0.2) is 9.97 Å². The van der Waals surface area contributed by atoms with Crippen LogP contribution in [0.1, 0.15) is 49.4 Å². The van der Waals surface area contributed by atoms with Gasteiger partial charge >= 0.3 is 0 Å². The number of hydrogen-bond acceptors (Lipinski definition) is 5. The fourth-order valence-corrected chi connectivity index (χ4v) is 5.44. The summed E-state index contributed by atoms with van der Waals surface area (Å²) < 4.78 is 1.23. The van der Waals surface area contributed by atoms with E-state index in [0.717, 1.165) is 27.4 Å². The van der Waals surface area contributed by atoms with E-state index in [4.69, 9.17) is 21.6 Å². The summed E-state index contributed by atoms with van der Waals surface area (Å²) in [6, 6.07) is 13.7. The van der Waals surface area contributed by atoms with E-state index < -0.39 is 0 Å². The molecule has 1 aliphatic rings. The number of nitrogens with zero attached hydrogens (tertiary/aromatic N) is 2. The standard InChI is InChI=1S/C23H22ClN3OS/c24-17-12-14(10-11-18(17)28)13-25-22-20-16-8-4-5-9-19(16)29-23(20)27-21(26-22)15-6-2-1-3-7-15/h4-5,8-12,15,28H,1-3,6-7,13H2,(H,25,26,27). The zero-order valence-electron chi connectivity index (χ0n) is 16.0. The minimum Gasteiger partial charge on any atom is -0.506 e. The first-order valence-electron chi connectivity index (χ1n) is 10.1. The molecule has 0 bridgehead atoms. The van der Waals surface area contributed by atoms with E-state index in [1.165, 1.54) is 42.2 Å². The van der Waals surface area contributed by atoms with Crippen LogP contribution in [0.4, 0.5) is 5.82 Å². The number of rotatable bonds is 4. The number of benzene rings is 2. The number of hydrogen-bond donors (Lipinski definition) is 2. The molecule has 0 spiro atoms. The molecule has 1 aliphatic carbocycles. The number of halogens is 1. The molecule has 29 heavy (non-hydrogen) atoms. The highest BCUT2D eigenvalue weighted by molar-refractivity contribution is 7.25. The first kappa shape index (κ1) is 18.6. The largest absolute Gasteiger partial charge is 0.506 e. The molecule has 0 radical (unpaired) electrons. The van der Waals surface area contributed by atoms with Crippen LogP contribution >= 0.6 is 22.9 Å². The molecule has 0 unspecified atom stereocenters. The third kappa shape index (κ3) is 3.65. The van der Waals surface area contributed by atoms with Crippen molar-refractivity contribution >= 4 is 49.1 Å². The Balaban J connectivity index is 1.57. The Bertz CT molecular complexity index is 1180. The van der Waals surface area contributed by atoms with E-state index in [9.17, 15) is 5.11 Å². The van der Waals surface area contributed by atoms with Gasteiger partial charge in [0.2, 0.25) is 0 Å². The van der Waals surface area contributed by atoms with Gasteiger partial charge in [0.15, 0.2) is 0 Å². The maximum absolute atomic E-state index is 9.67. The molecule has 2 aromatic carbocycles. The van der Waals surface area contributed by atoms with Gasteiger partial charge in [0.1, 0.15) is 22.2 Å². The number of fused-ring (bicyclic) bond motifs is 3. The lowest BCUT2D eigenvalue weighted by Gasteiger charge is -2.21. The van der Waals surface area contributed by atoms with Crippen LogP contribution in [0, 0.1) is 0 Å². The van der Waals surface area contributed by atoms with Crippen molar-refractivity contribution in [2.45, 2.75) is 44.6 Å². The highest BCUT2D eigenvalue weighted by atomic mass is 35.5. The first-order valence-corrected chi connectivity index (χ1v) is 11.3. The van der Waals surface area contributed by atoms with Crippen LogP contribution in [0.5, 0.6) is 5.75 Å². The van der Waals surface area contributed by atoms with E-state index in [1.807, 2.05) is 6.07 Å². The molecule has 1 fully saturated rings. The van der Waals surface area contributed by atoms with Gasteiger partial charge in [-0.3, -0.25) is 0 Å². The molecule has 0 aliphatic heterocycles. The molecule has 0 atom stereocenters. The summed E-state index contributed by atoms with van der Waals surface area (Å²) >= 11 is 7.81. The molecule has 0 amide bonds. The fraction of sp³-hybridized carbons (Fsp3) is 0.304. The number of nitrogens with one attached hydrogen (secondary N) is 1. The molecule has 4 aromatic rings. The number of phenolic OH excluding ortho intramolecular Hbond substituents is 1. The zero-order chi connectivity index (χ0) is 19.8. The van der Waals surface area contributed by atoms with Crippen molar-refractivity contribution in [2.24, 2.45) is 0 Å². The van der Waals surface area contributed by atoms with Crippen molar-refractivity contribution in [3.63, 3.8) is 0 Å². The number of phenols is 1. The molecule has 0 saturated heterocycles. The van der Waals surface area contributed by atoms with Crippen molar-refractivity contribution in [1.82, 2.24) is 9.97 Å². The van der Waals surface area contributed by atoms with Crippen LogP contribution < -0.4 is 5.32 Å². The Hall–Kier alpha value is -2.37. The average molecular weight is 424 g/mol. The van der Waals surface area contributed by atoms with Gasteiger partial charge in [-0.1, -0.05) is 55.1 Å². The van der Waals surface area contributed by atoms with E-state index in [-0.39, 0.29) is 5.75 Å². The Labute approximate surface area is 178 Å². The predicted molar refractivity (Wildman–Crippen MR) is 121 cm³/mol. The summed E-state index contributed by atoms with van der Waals surface area (Å²) in [5.74, 6) is 2.40. The highest BCUT2D eigenvalue weighted by Crippen LogP contribution is 2.39. The van der Waals surface area contributed by atoms with Crippen LogP contribution in [0.25, 0.3) is 20.3 Å². The summed E-state index contributed by atoms with van der Waals surface area (Å²) in [5, 5.41) is 15.8. The second-order valence-corrected chi connectivity index (χ2v) is 9.12. The van der Waals surface area contributed by atoms with Crippen molar-refractivity contribution in [3.05, 3.63) is 58.9 Å². The Kier molecular flexibility index (Phi) is 5.02. The Morgan fingerprint density at radius 3 is 2.72 bits per heavy atom. The van der Waals surface area contributed by atoms with Gasteiger partial charge in [-0.05, 0) is 36.6 Å². The number of aromatic hydroxyl groups is 1. The highest BCUT2D eigenvalue weighted by Gasteiger charge is 2.21. The minimum absolute atomic E-state index is 0.100. The normalized spacial score (nSPS) is 15.2. The number of aromatic nitrogens is 2. The van der Waals surface area contributed by atoms with Gasteiger partial charge in [0.25, 0.3) is 0 Å². The van der Waals surface area contributed by atoms with Gasteiger partial charge in [-0.15, -0.1) is 11.3 Å². The average Bonchev–Trinajstić information content (AvgIpc) is 3.13. The van der Waals surface area contributed by atoms with Gasteiger partial charge in [-0.2, -0.15) is 0 Å². The summed E-state index contributed by atoms with van der Waals surface area (Å²) in [7, 11) is 0. The lowest BCUT2D eigenvalue weighted by atomic mass is 9.88. The topological polar surface area (TPSA) is 58.0 Å². The van der Waals surface area contributed by atoms with E-state index in [2.05, 4.69) is 29.6 Å². The molecule has 5 rings (SSSR count). The maximum atomic E-state index is 9.67. The SMILES string of the molecule is Oc1ccc(CNc2nc(C3CCCCC3)nc3sc4ccccc4c23)cc1Cl. The molecule has 2 N–H and O–H groups in total. The van der Waals surface area contributed by atoms with E-state index >= 15 is 0 Å². The molecule has 2 heterocycles. The van der Waals surface area contributed by atoms with Crippen LogP contribution in [-0.2, 0) is 6.54 Å². The monoisotopic (exact) mass is 423 g/mol. The zero-order valence-corrected chi connectivity index (χ0v) is 17.6. The van der Waals surface area contributed by atoms with Gasteiger partial charge in [0, 0.05) is 22.5 Å². The smallest absolute Gasteiger partial charge is 0.139 e. The van der Waals surface area contributed by atoms with Crippen molar-refractivity contribution in [1.29, 1.82) is 0 Å². The molecule has 1 saturated carbocycles. The Morgan fingerprint density at radius 1 is 1.07 bits per heavy atom. The fourth-order valence-electron chi connectivity index (χ4n) is 4.16. The number of thiophene rings is 1. The van der Waals surface area contributed by atoms with Crippen molar-refractivity contribution in [3.8, 4) is 5.75 Å². The molecular formula is C23H22ClN3OS. The second-order valence-electron chi connectivity index (χ2n) is 7.68. The van der Waals surface area contributed by atoms with Crippen LogP contribution in [0.3, 0.4) is 0 Å². The Morgan fingerprint density at radius 2 is 1.90 bits per heavy atom. The quantitative estimate of drug-likeness (QED) is 0.376. The third-order valence-electron chi connectivity index (χ3n) is 5.70. The van der Waals surface area contributed by atoms with Crippen molar-refractivity contribution in [2.75, 3.05) is 5.32 Å². The van der Waals surface area contributed by atoms with Crippen LogP contribution in [-0.4, -0.2) is 15.1 Å². The summed E-state index contributed by atoms with van der Waals surface area (Å²) in [5.41, 5.74) is 0.998. The lowest BCUT2D eigenvalue weighted by molar-refractivity contribution is 0.430. The molecule has 6 heteroatoms. The summed E-state index contributed by atoms with van der Waals surface area (Å²) in [6.45, 7) is 0.584. The van der Waals surface area contributed by atoms with Gasteiger partial charge < -0.3 is 10.4 Å². The third-order valence-corrected chi connectivity index (χ3v) is 7.07. The van der Waals surface area contributed by atoms with Crippen LogP contribution in [0.2, 0.25) is 5.02 Å². The molecular weight excluding hydrogens is 402 g/mol. The maximum Gasteiger partial charge on any atom is 0.139 e. The van der Waals surface area contributed by atoms with Crippen molar-refractivity contribution < 1.29 is 5.11 Å². The molecule has 148 valence electrons. The molecule has 2 aromatic heterocycles.